The van der Waals surface area contributed by atoms with Crippen LogP contribution in [0.25, 0.3) is 0 Å². The van der Waals surface area contributed by atoms with Gasteiger partial charge >= 0.3 is 0 Å². The van der Waals surface area contributed by atoms with Crippen LogP contribution in [0.2, 0.25) is 0 Å². The van der Waals surface area contributed by atoms with Gasteiger partial charge < -0.3 is 10.2 Å². The van der Waals surface area contributed by atoms with Crippen LogP contribution >= 0.6 is 0 Å². The van der Waals surface area contributed by atoms with Crippen molar-refractivity contribution in [3.63, 3.8) is 0 Å². The SMILES string of the molecule is O=C(Cc1ccccc1)NCCC(=O)N1CCC[C@@H]1CCc1ccccc1. The van der Waals surface area contributed by atoms with E-state index in [1.165, 1.54) is 5.56 Å². The van der Waals surface area contributed by atoms with Crippen molar-refractivity contribution in [1.82, 2.24) is 10.2 Å². The number of hydrogen-bond donors (Lipinski definition) is 1. The highest BCUT2D eigenvalue weighted by molar-refractivity contribution is 5.80. The lowest BCUT2D eigenvalue weighted by Crippen LogP contribution is -2.38. The van der Waals surface area contributed by atoms with Gasteiger partial charge in [-0.25, -0.2) is 0 Å². The zero-order valence-electron chi connectivity index (χ0n) is 15.8. The molecule has 1 fully saturated rings. The molecule has 0 bridgehead atoms. The van der Waals surface area contributed by atoms with Crippen LogP contribution in [0.15, 0.2) is 60.7 Å². The number of hydrogen-bond acceptors (Lipinski definition) is 2. The number of carbonyl (C=O) groups is 2. The Bertz CT molecular complexity index is 731. The first-order valence-corrected chi connectivity index (χ1v) is 9.86. The van der Waals surface area contributed by atoms with Gasteiger partial charge in [-0.05, 0) is 36.8 Å². The zero-order chi connectivity index (χ0) is 18.9. The van der Waals surface area contributed by atoms with Crippen molar-refractivity contribution in [2.45, 2.75) is 44.6 Å². The van der Waals surface area contributed by atoms with Crippen molar-refractivity contribution in [2.24, 2.45) is 0 Å². The summed E-state index contributed by atoms with van der Waals surface area (Å²) < 4.78 is 0. The van der Waals surface area contributed by atoms with Gasteiger partial charge in [-0.1, -0.05) is 60.7 Å². The van der Waals surface area contributed by atoms with E-state index in [2.05, 4.69) is 29.6 Å². The van der Waals surface area contributed by atoms with E-state index < -0.39 is 0 Å². The molecule has 0 aromatic heterocycles. The van der Waals surface area contributed by atoms with Crippen molar-refractivity contribution in [3.05, 3.63) is 71.8 Å². The number of likely N-dealkylation sites (tertiary alicyclic amines) is 1. The minimum Gasteiger partial charge on any atom is -0.355 e. The van der Waals surface area contributed by atoms with Crippen molar-refractivity contribution in [1.29, 1.82) is 0 Å². The largest absolute Gasteiger partial charge is 0.355 e. The Balaban J connectivity index is 1.39. The molecule has 0 saturated carbocycles. The number of nitrogens with zero attached hydrogens (tertiary/aromatic N) is 1. The van der Waals surface area contributed by atoms with E-state index in [4.69, 9.17) is 0 Å². The molecule has 1 saturated heterocycles. The third-order valence-electron chi connectivity index (χ3n) is 5.18. The van der Waals surface area contributed by atoms with E-state index in [1.807, 2.05) is 41.3 Å². The normalized spacial score (nSPS) is 16.3. The van der Waals surface area contributed by atoms with Gasteiger partial charge in [0.25, 0.3) is 0 Å². The third-order valence-corrected chi connectivity index (χ3v) is 5.18. The van der Waals surface area contributed by atoms with Crippen molar-refractivity contribution < 1.29 is 9.59 Å². The molecule has 1 heterocycles. The molecular weight excluding hydrogens is 336 g/mol. The van der Waals surface area contributed by atoms with E-state index in [1.54, 1.807) is 0 Å². The van der Waals surface area contributed by atoms with E-state index >= 15 is 0 Å². The molecule has 1 atom stereocenters. The Labute approximate surface area is 161 Å². The number of aryl methyl sites for hydroxylation is 1. The maximum atomic E-state index is 12.6. The molecule has 142 valence electrons. The molecule has 0 unspecified atom stereocenters. The Morgan fingerprint density at radius 3 is 2.33 bits per heavy atom. The van der Waals surface area contributed by atoms with Crippen LogP contribution in [0.1, 0.15) is 36.8 Å². The third kappa shape index (κ3) is 5.95. The van der Waals surface area contributed by atoms with Crippen molar-refractivity contribution >= 4 is 11.8 Å². The molecule has 3 rings (SSSR count). The molecule has 1 N–H and O–H groups in total. The van der Waals surface area contributed by atoms with Crippen LogP contribution in [0.4, 0.5) is 0 Å². The van der Waals surface area contributed by atoms with Gasteiger partial charge in [0.15, 0.2) is 0 Å². The first kappa shape index (κ1) is 19.2. The quantitative estimate of drug-likeness (QED) is 0.781. The topological polar surface area (TPSA) is 49.4 Å². The summed E-state index contributed by atoms with van der Waals surface area (Å²) in [7, 11) is 0. The van der Waals surface area contributed by atoms with Crippen LogP contribution in [-0.2, 0) is 22.4 Å². The number of benzene rings is 2. The second-order valence-corrected chi connectivity index (χ2v) is 7.17. The number of nitrogens with one attached hydrogen (secondary N) is 1. The summed E-state index contributed by atoms with van der Waals surface area (Å²) in [5.41, 5.74) is 2.31. The van der Waals surface area contributed by atoms with E-state index in [0.717, 1.165) is 37.8 Å². The molecule has 1 aliphatic rings. The Morgan fingerprint density at radius 2 is 1.63 bits per heavy atom. The summed E-state index contributed by atoms with van der Waals surface area (Å²) in [4.78, 5) is 26.6. The monoisotopic (exact) mass is 364 g/mol. The van der Waals surface area contributed by atoms with Gasteiger partial charge in [-0.15, -0.1) is 0 Å². The predicted octanol–water partition coefficient (Wildman–Crippen LogP) is 3.36. The molecule has 0 radical (unpaired) electrons. The lowest BCUT2D eigenvalue weighted by molar-refractivity contribution is -0.132. The second-order valence-electron chi connectivity index (χ2n) is 7.17. The fraction of sp³-hybridized carbons (Fsp3) is 0.391. The average Bonchev–Trinajstić information content (AvgIpc) is 3.16. The van der Waals surface area contributed by atoms with Gasteiger partial charge in [0.2, 0.25) is 11.8 Å². The Morgan fingerprint density at radius 1 is 0.963 bits per heavy atom. The van der Waals surface area contributed by atoms with Crippen molar-refractivity contribution in [2.75, 3.05) is 13.1 Å². The molecule has 0 aliphatic carbocycles. The zero-order valence-corrected chi connectivity index (χ0v) is 15.8. The Hall–Kier alpha value is -2.62. The molecule has 2 aromatic carbocycles. The lowest BCUT2D eigenvalue weighted by atomic mass is 10.0. The Kier molecular flexibility index (Phi) is 7.03. The highest BCUT2D eigenvalue weighted by Gasteiger charge is 2.27. The fourth-order valence-corrected chi connectivity index (χ4v) is 3.74. The molecule has 4 nitrogen and oxygen atoms in total. The summed E-state index contributed by atoms with van der Waals surface area (Å²) >= 11 is 0. The summed E-state index contributed by atoms with van der Waals surface area (Å²) in [5.74, 6) is 0.127. The number of rotatable bonds is 8. The van der Waals surface area contributed by atoms with Crippen LogP contribution in [0.3, 0.4) is 0 Å². The molecule has 2 aromatic rings. The number of carbonyl (C=O) groups excluding carboxylic acids is 2. The van der Waals surface area contributed by atoms with Gasteiger partial charge in [-0.3, -0.25) is 9.59 Å². The van der Waals surface area contributed by atoms with Crippen molar-refractivity contribution in [3.8, 4) is 0 Å². The first-order chi connectivity index (χ1) is 13.2. The van der Waals surface area contributed by atoms with Crippen LogP contribution in [0.5, 0.6) is 0 Å². The van der Waals surface area contributed by atoms with Crippen LogP contribution in [-0.4, -0.2) is 35.8 Å². The minimum absolute atomic E-state index is 0.0314. The van der Waals surface area contributed by atoms with Crippen LogP contribution in [0, 0.1) is 0 Å². The average molecular weight is 364 g/mol. The second kappa shape index (κ2) is 9.91. The van der Waals surface area contributed by atoms with E-state index in [9.17, 15) is 9.59 Å². The summed E-state index contributed by atoms with van der Waals surface area (Å²) in [5, 5.41) is 2.87. The molecule has 1 aliphatic heterocycles. The smallest absolute Gasteiger partial charge is 0.224 e. The molecule has 4 heteroatoms. The maximum Gasteiger partial charge on any atom is 0.224 e. The lowest BCUT2D eigenvalue weighted by Gasteiger charge is -2.25. The molecule has 2 amide bonds. The first-order valence-electron chi connectivity index (χ1n) is 9.86. The number of amides is 2. The summed E-state index contributed by atoms with van der Waals surface area (Å²) in [6, 6.07) is 20.4. The summed E-state index contributed by atoms with van der Waals surface area (Å²) in [6.07, 6.45) is 4.91. The molecule has 0 spiro atoms. The minimum atomic E-state index is -0.0314. The highest BCUT2D eigenvalue weighted by Crippen LogP contribution is 2.22. The molecular formula is C23H28N2O2. The predicted molar refractivity (Wildman–Crippen MR) is 107 cm³/mol. The maximum absolute atomic E-state index is 12.6. The van der Waals surface area contributed by atoms with Crippen LogP contribution < -0.4 is 5.32 Å². The molecule has 27 heavy (non-hydrogen) atoms. The fourth-order valence-electron chi connectivity index (χ4n) is 3.74. The summed E-state index contributed by atoms with van der Waals surface area (Å²) in [6.45, 7) is 1.25. The van der Waals surface area contributed by atoms with Gasteiger partial charge in [0.1, 0.15) is 0 Å². The van der Waals surface area contributed by atoms with E-state index in [0.29, 0.717) is 25.4 Å². The van der Waals surface area contributed by atoms with Gasteiger partial charge in [-0.2, -0.15) is 0 Å². The highest BCUT2D eigenvalue weighted by atomic mass is 16.2. The van der Waals surface area contributed by atoms with E-state index in [-0.39, 0.29) is 11.8 Å². The van der Waals surface area contributed by atoms with Gasteiger partial charge in [0, 0.05) is 25.6 Å². The van der Waals surface area contributed by atoms with Gasteiger partial charge in [0.05, 0.1) is 6.42 Å². The standard InChI is InChI=1S/C23H28N2O2/c26-22(18-20-10-5-2-6-11-20)24-16-15-23(27)25-17-7-12-21(25)14-13-19-8-3-1-4-9-19/h1-6,8-11,21H,7,12-18H2,(H,24,26)/t21-/m1/s1.